The lowest BCUT2D eigenvalue weighted by molar-refractivity contribution is 0.326. The van der Waals surface area contributed by atoms with Crippen LogP contribution in [-0.2, 0) is 4.84 Å². The molecule has 0 atom stereocenters. The van der Waals surface area contributed by atoms with Crippen molar-refractivity contribution >= 4 is 11.9 Å². The molecule has 0 fully saturated rings. The Hall–Kier alpha value is -1.58. The Balaban J connectivity index is 2.54. The molecule has 1 aromatic rings. The van der Waals surface area contributed by atoms with Crippen LogP contribution in [0.1, 0.15) is 5.69 Å². The van der Waals surface area contributed by atoms with Gasteiger partial charge in [-0.2, -0.15) is 0 Å². The Bertz CT molecular complexity index is 271. The Morgan fingerprint density at radius 3 is 3.10 bits per heavy atom. The van der Waals surface area contributed by atoms with E-state index in [9.17, 15) is 0 Å². The molecule has 1 N–H and O–H groups in total. The third-order valence-electron chi connectivity index (χ3n) is 1.18. The predicted molar refractivity (Wildman–Crippen MR) is 35.8 cm³/mol. The van der Waals surface area contributed by atoms with E-state index < -0.39 is 0 Å². The second kappa shape index (κ2) is 1.98. The summed E-state index contributed by atoms with van der Waals surface area (Å²) in [4.78, 5) is 12.8. The Labute approximate surface area is 57.5 Å². The van der Waals surface area contributed by atoms with E-state index >= 15 is 0 Å². The van der Waals surface area contributed by atoms with Crippen molar-refractivity contribution in [3.8, 4) is 0 Å². The molecule has 1 aliphatic rings. The van der Waals surface area contributed by atoms with Gasteiger partial charge in [-0.15, -0.1) is 0 Å². The lowest BCUT2D eigenvalue weighted by Gasteiger charge is -2.08. The lowest BCUT2D eigenvalue weighted by atomic mass is 10.4. The average Bonchev–Trinajstić information content (AvgIpc) is 2.05. The van der Waals surface area contributed by atoms with Gasteiger partial charge in [-0.3, -0.25) is 4.98 Å². The molecular weight excluding hydrogens is 130 g/mol. The van der Waals surface area contributed by atoms with Crippen LogP contribution in [0.15, 0.2) is 18.7 Å². The van der Waals surface area contributed by atoms with Gasteiger partial charge in [-0.25, -0.2) is 10.5 Å². The summed E-state index contributed by atoms with van der Waals surface area (Å²) in [6.45, 7) is 0. The highest BCUT2D eigenvalue weighted by Crippen LogP contribution is 2.13. The molecule has 0 aliphatic carbocycles. The van der Waals surface area contributed by atoms with Crippen LogP contribution >= 0.6 is 0 Å². The van der Waals surface area contributed by atoms with Crippen LogP contribution in [-0.4, -0.2) is 9.97 Å². The van der Waals surface area contributed by atoms with Gasteiger partial charge in [-0.1, -0.05) is 0 Å². The normalized spacial score (nSPS) is 13.2. The molecule has 50 valence electrons. The van der Waals surface area contributed by atoms with E-state index in [1.165, 1.54) is 6.26 Å². The molecule has 0 aromatic carbocycles. The van der Waals surface area contributed by atoms with Crippen LogP contribution in [0.5, 0.6) is 0 Å². The first-order valence-electron chi connectivity index (χ1n) is 2.86. The van der Waals surface area contributed by atoms with Gasteiger partial charge in [0.1, 0.15) is 12.0 Å². The van der Waals surface area contributed by atoms with E-state index in [2.05, 4.69) is 15.4 Å². The van der Waals surface area contributed by atoms with Crippen molar-refractivity contribution in [2.75, 3.05) is 5.48 Å². The fraction of sp³-hybridized carbons (Fsp3) is 0. The number of nitrogens with zero attached hydrogens (tertiary/aromatic N) is 2. The first-order valence-corrected chi connectivity index (χ1v) is 2.86. The summed E-state index contributed by atoms with van der Waals surface area (Å²) in [6, 6.07) is 0. The van der Waals surface area contributed by atoms with E-state index in [1.54, 1.807) is 18.5 Å². The average molecular weight is 135 g/mol. The Morgan fingerprint density at radius 1 is 1.30 bits per heavy atom. The third-order valence-corrected chi connectivity index (χ3v) is 1.18. The molecule has 0 radical (unpaired) electrons. The number of nitrogens with one attached hydrogen (secondary N) is 1. The number of hydrogen-bond acceptors (Lipinski definition) is 4. The van der Waals surface area contributed by atoms with E-state index in [0.717, 1.165) is 5.69 Å². The largest absolute Gasteiger partial charge is 0.388 e. The maximum absolute atomic E-state index is 4.76. The highest BCUT2D eigenvalue weighted by molar-refractivity contribution is 5.59. The molecule has 0 unspecified atom stereocenters. The van der Waals surface area contributed by atoms with Crippen molar-refractivity contribution in [2.45, 2.75) is 0 Å². The van der Waals surface area contributed by atoms with E-state index in [0.29, 0.717) is 5.82 Å². The molecule has 0 saturated carbocycles. The second-order valence-electron chi connectivity index (χ2n) is 1.81. The molecule has 10 heavy (non-hydrogen) atoms. The maximum Gasteiger partial charge on any atom is 0.186 e. The number of aromatic nitrogens is 2. The summed E-state index contributed by atoms with van der Waals surface area (Å²) in [5, 5.41) is 0. The van der Waals surface area contributed by atoms with Crippen LogP contribution in [0.4, 0.5) is 5.82 Å². The topological polar surface area (TPSA) is 47.0 Å². The van der Waals surface area contributed by atoms with E-state index in [4.69, 9.17) is 4.84 Å². The van der Waals surface area contributed by atoms with Gasteiger partial charge in [0, 0.05) is 18.5 Å². The minimum atomic E-state index is 0.657. The predicted octanol–water partition coefficient (Wildman–Crippen LogP) is 0.804. The SMILES string of the molecule is C1=Cc2nccnc2NO1. The summed E-state index contributed by atoms with van der Waals surface area (Å²) in [6.07, 6.45) is 6.51. The van der Waals surface area contributed by atoms with Gasteiger partial charge in [0.05, 0.1) is 0 Å². The monoisotopic (exact) mass is 135 g/mol. The minimum absolute atomic E-state index is 0.657. The van der Waals surface area contributed by atoms with Gasteiger partial charge >= 0.3 is 0 Å². The molecule has 0 bridgehead atoms. The van der Waals surface area contributed by atoms with Gasteiger partial charge in [0.25, 0.3) is 0 Å². The third kappa shape index (κ3) is 0.699. The zero-order valence-electron chi connectivity index (χ0n) is 5.11. The van der Waals surface area contributed by atoms with Crippen LogP contribution in [0.3, 0.4) is 0 Å². The molecule has 4 nitrogen and oxygen atoms in total. The van der Waals surface area contributed by atoms with Gasteiger partial charge < -0.3 is 4.84 Å². The quantitative estimate of drug-likeness (QED) is 0.571. The second-order valence-corrected chi connectivity index (χ2v) is 1.81. The van der Waals surface area contributed by atoms with Gasteiger partial charge in [-0.05, 0) is 0 Å². The minimum Gasteiger partial charge on any atom is -0.388 e. The zero-order chi connectivity index (χ0) is 6.81. The summed E-state index contributed by atoms with van der Waals surface area (Å²) >= 11 is 0. The number of anilines is 1. The number of fused-ring (bicyclic) bond motifs is 1. The Kier molecular flexibility index (Phi) is 1.04. The lowest BCUT2D eigenvalue weighted by Crippen LogP contribution is -2.04. The molecule has 4 heteroatoms. The molecule has 0 saturated heterocycles. The zero-order valence-corrected chi connectivity index (χ0v) is 5.11. The Morgan fingerprint density at radius 2 is 2.20 bits per heavy atom. The molecule has 2 rings (SSSR count). The molecule has 1 aliphatic heterocycles. The summed E-state index contributed by atoms with van der Waals surface area (Å²) in [7, 11) is 0. The van der Waals surface area contributed by atoms with Crippen LogP contribution < -0.4 is 5.48 Å². The standard InChI is InChI=1S/C6H5N3O/c1-4-10-9-6-5(1)7-2-3-8-6/h1-4H,(H,8,9). The molecule has 0 spiro atoms. The van der Waals surface area contributed by atoms with Crippen molar-refractivity contribution in [1.29, 1.82) is 0 Å². The molecule has 1 aromatic heterocycles. The molecule has 0 amide bonds. The van der Waals surface area contributed by atoms with Crippen molar-refractivity contribution < 1.29 is 4.84 Å². The van der Waals surface area contributed by atoms with Gasteiger partial charge in [0.2, 0.25) is 0 Å². The number of rotatable bonds is 0. The smallest absolute Gasteiger partial charge is 0.186 e. The van der Waals surface area contributed by atoms with Crippen LogP contribution in [0, 0.1) is 0 Å². The van der Waals surface area contributed by atoms with Crippen LogP contribution in [0.2, 0.25) is 0 Å². The summed E-state index contributed by atoms with van der Waals surface area (Å²) < 4.78 is 0. The summed E-state index contributed by atoms with van der Waals surface area (Å²) in [5.74, 6) is 0.657. The summed E-state index contributed by atoms with van der Waals surface area (Å²) in [5.41, 5.74) is 3.40. The van der Waals surface area contributed by atoms with Crippen molar-refractivity contribution in [3.05, 3.63) is 24.3 Å². The number of hydrogen-bond donors (Lipinski definition) is 1. The van der Waals surface area contributed by atoms with Crippen LogP contribution in [0.25, 0.3) is 6.08 Å². The fourth-order valence-electron chi connectivity index (χ4n) is 0.738. The molecule has 2 heterocycles. The molecular formula is C6H5N3O. The highest BCUT2D eigenvalue weighted by Gasteiger charge is 2.03. The van der Waals surface area contributed by atoms with Gasteiger partial charge in [0.15, 0.2) is 5.82 Å². The van der Waals surface area contributed by atoms with Crippen molar-refractivity contribution in [1.82, 2.24) is 9.97 Å². The van der Waals surface area contributed by atoms with E-state index in [1.807, 2.05) is 0 Å². The fourth-order valence-corrected chi connectivity index (χ4v) is 0.738. The first-order chi connectivity index (χ1) is 4.97. The maximum atomic E-state index is 4.76. The van der Waals surface area contributed by atoms with Crippen molar-refractivity contribution in [2.24, 2.45) is 0 Å². The first kappa shape index (κ1) is 5.22. The van der Waals surface area contributed by atoms with E-state index in [-0.39, 0.29) is 0 Å². The highest BCUT2D eigenvalue weighted by atomic mass is 16.6. The van der Waals surface area contributed by atoms with Crippen molar-refractivity contribution in [3.63, 3.8) is 0 Å².